The van der Waals surface area contributed by atoms with Gasteiger partial charge in [-0.15, -0.1) is 0 Å². The van der Waals surface area contributed by atoms with Gasteiger partial charge >= 0.3 is 5.97 Å². The Morgan fingerprint density at radius 3 is 2.59 bits per heavy atom. The smallest absolute Gasteiger partial charge is 0.343 e. The minimum atomic E-state index is -0.505. The molecule has 2 rings (SSSR count). The van der Waals surface area contributed by atoms with Crippen LogP contribution in [0.5, 0.6) is 0 Å². The Morgan fingerprint density at radius 1 is 1.23 bits per heavy atom. The van der Waals surface area contributed by atoms with Crippen molar-refractivity contribution in [1.82, 2.24) is 0 Å². The van der Waals surface area contributed by atoms with E-state index in [0.717, 1.165) is 19.3 Å². The van der Waals surface area contributed by atoms with Crippen LogP contribution in [0.25, 0.3) is 0 Å². The lowest BCUT2D eigenvalue weighted by atomic mass is 9.95. The highest BCUT2D eigenvalue weighted by Gasteiger charge is 2.17. The van der Waals surface area contributed by atoms with E-state index in [4.69, 9.17) is 9.47 Å². The van der Waals surface area contributed by atoms with Crippen LogP contribution in [0.4, 0.5) is 0 Å². The van der Waals surface area contributed by atoms with Gasteiger partial charge in [0.15, 0.2) is 11.9 Å². The summed E-state index contributed by atoms with van der Waals surface area (Å²) in [5, 5.41) is 0. The Morgan fingerprint density at radius 2 is 1.91 bits per heavy atom. The third-order valence-corrected chi connectivity index (χ3v) is 3.56. The average molecular weight is 300 g/mol. The molecule has 0 aliphatic heterocycles. The quantitative estimate of drug-likeness (QED) is 0.471. The Bertz CT molecular complexity index is 586. The summed E-state index contributed by atoms with van der Waals surface area (Å²) in [5.74, 6) is -0.123. The number of ether oxygens (including phenoxy) is 2. The second kappa shape index (κ2) is 7.59. The molecule has 22 heavy (non-hydrogen) atoms. The zero-order chi connectivity index (χ0) is 15.9. The highest BCUT2D eigenvalue weighted by Crippen LogP contribution is 2.20. The SMILES string of the molecule is C=C(OC(=O)c1ccccc1)C(C)O/C=C1/CCCCC1=O. The molecule has 1 unspecified atom stereocenters. The molecule has 0 radical (unpaired) electrons. The Labute approximate surface area is 130 Å². The minimum Gasteiger partial charge on any atom is -0.490 e. The predicted molar refractivity (Wildman–Crippen MR) is 83.1 cm³/mol. The van der Waals surface area contributed by atoms with Gasteiger partial charge in [0.1, 0.15) is 5.76 Å². The van der Waals surface area contributed by atoms with Gasteiger partial charge in [0, 0.05) is 12.0 Å². The van der Waals surface area contributed by atoms with Gasteiger partial charge in [-0.25, -0.2) is 4.79 Å². The summed E-state index contributed by atoms with van der Waals surface area (Å²) in [6, 6.07) is 8.69. The van der Waals surface area contributed by atoms with Crippen molar-refractivity contribution in [1.29, 1.82) is 0 Å². The lowest BCUT2D eigenvalue weighted by molar-refractivity contribution is -0.116. The summed E-state index contributed by atoms with van der Waals surface area (Å²) in [7, 11) is 0. The van der Waals surface area contributed by atoms with Crippen molar-refractivity contribution in [3.8, 4) is 0 Å². The standard InChI is InChI=1S/C18H20O4/c1-13(21-12-16-10-6-7-11-17(16)19)14(2)22-18(20)15-8-4-3-5-9-15/h3-5,8-9,12-13H,2,6-7,10-11H2,1H3/b16-12-. The molecule has 0 N–H and O–H groups in total. The fraction of sp³-hybridized carbons (Fsp3) is 0.333. The molecule has 1 aromatic rings. The number of ketones is 1. The minimum absolute atomic E-state index is 0.130. The maximum atomic E-state index is 11.9. The van der Waals surface area contributed by atoms with Crippen LogP contribution >= 0.6 is 0 Å². The van der Waals surface area contributed by atoms with Crippen molar-refractivity contribution in [2.24, 2.45) is 0 Å². The zero-order valence-electron chi connectivity index (χ0n) is 12.7. The van der Waals surface area contributed by atoms with Crippen LogP contribution in [0, 0.1) is 0 Å². The fourth-order valence-electron chi connectivity index (χ4n) is 2.12. The van der Waals surface area contributed by atoms with Crippen LogP contribution in [0.15, 0.2) is 54.5 Å². The van der Waals surface area contributed by atoms with E-state index in [1.807, 2.05) is 6.07 Å². The number of esters is 1. The van der Waals surface area contributed by atoms with Gasteiger partial charge in [0.25, 0.3) is 0 Å². The van der Waals surface area contributed by atoms with Crippen molar-refractivity contribution in [2.75, 3.05) is 0 Å². The van der Waals surface area contributed by atoms with Crippen molar-refractivity contribution >= 4 is 11.8 Å². The molecule has 0 heterocycles. The molecular weight excluding hydrogens is 280 g/mol. The molecule has 116 valence electrons. The van der Waals surface area contributed by atoms with Crippen molar-refractivity contribution < 1.29 is 19.1 Å². The fourth-order valence-corrected chi connectivity index (χ4v) is 2.12. The molecule has 0 amide bonds. The van der Waals surface area contributed by atoms with Gasteiger partial charge in [0.05, 0.1) is 11.8 Å². The van der Waals surface area contributed by atoms with Gasteiger partial charge in [0.2, 0.25) is 0 Å². The predicted octanol–water partition coefficient (Wildman–Crippen LogP) is 3.79. The topological polar surface area (TPSA) is 52.6 Å². The van der Waals surface area contributed by atoms with E-state index in [1.165, 1.54) is 6.26 Å². The number of benzene rings is 1. The lowest BCUT2D eigenvalue weighted by Crippen LogP contribution is -2.16. The third kappa shape index (κ3) is 4.32. The number of carbonyl (C=O) groups excluding carboxylic acids is 2. The number of hydrogen-bond acceptors (Lipinski definition) is 4. The first kappa shape index (κ1) is 16.0. The van der Waals surface area contributed by atoms with E-state index in [-0.39, 0.29) is 11.5 Å². The molecule has 0 spiro atoms. The highest BCUT2D eigenvalue weighted by molar-refractivity contribution is 5.95. The van der Waals surface area contributed by atoms with Gasteiger partial charge in [-0.1, -0.05) is 24.8 Å². The first-order valence-corrected chi connectivity index (χ1v) is 7.41. The lowest BCUT2D eigenvalue weighted by Gasteiger charge is -2.17. The maximum absolute atomic E-state index is 11.9. The summed E-state index contributed by atoms with van der Waals surface area (Å²) >= 11 is 0. The third-order valence-electron chi connectivity index (χ3n) is 3.56. The zero-order valence-corrected chi connectivity index (χ0v) is 12.7. The van der Waals surface area contributed by atoms with Crippen LogP contribution in [-0.4, -0.2) is 17.9 Å². The summed E-state index contributed by atoms with van der Waals surface area (Å²) in [6.07, 6.45) is 4.23. The first-order chi connectivity index (χ1) is 10.6. The van der Waals surface area contributed by atoms with Gasteiger partial charge in [-0.3, -0.25) is 4.79 Å². The number of allylic oxidation sites excluding steroid dienone is 1. The van der Waals surface area contributed by atoms with E-state index in [0.29, 0.717) is 17.6 Å². The van der Waals surface area contributed by atoms with E-state index in [9.17, 15) is 9.59 Å². The van der Waals surface area contributed by atoms with Crippen LogP contribution < -0.4 is 0 Å². The molecule has 0 bridgehead atoms. The van der Waals surface area contributed by atoms with Crippen molar-refractivity contribution in [3.05, 3.63) is 60.1 Å². The molecule has 0 aromatic heterocycles. The van der Waals surface area contributed by atoms with E-state index >= 15 is 0 Å². The molecule has 1 fully saturated rings. The van der Waals surface area contributed by atoms with Gasteiger partial charge in [-0.05, 0) is 38.3 Å². The van der Waals surface area contributed by atoms with Crippen LogP contribution in [0.3, 0.4) is 0 Å². The molecule has 1 aromatic carbocycles. The summed E-state index contributed by atoms with van der Waals surface area (Å²) in [6.45, 7) is 5.45. The molecule has 1 saturated carbocycles. The van der Waals surface area contributed by atoms with E-state index < -0.39 is 12.1 Å². The van der Waals surface area contributed by atoms with E-state index in [2.05, 4.69) is 6.58 Å². The second-order valence-corrected chi connectivity index (χ2v) is 5.27. The number of carbonyl (C=O) groups is 2. The van der Waals surface area contributed by atoms with Gasteiger partial charge in [-0.2, -0.15) is 0 Å². The second-order valence-electron chi connectivity index (χ2n) is 5.27. The monoisotopic (exact) mass is 300 g/mol. The molecule has 0 saturated heterocycles. The Hall–Kier alpha value is -2.36. The largest absolute Gasteiger partial charge is 0.490 e. The molecule has 4 nitrogen and oxygen atoms in total. The van der Waals surface area contributed by atoms with Crippen molar-refractivity contribution in [3.63, 3.8) is 0 Å². The van der Waals surface area contributed by atoms with Gasteiger partial charge < -0.3 is 9.47 Å². The van der Waals surface area contributed by atoms with E-state index in [1.54, 1.807) is 31.2 Å². The highest BCUT2D eigenvalue weighted by atomic mass is 16.6. The average Bonchev–Trinajstić information content (AvgIpc) is 2.54. The number of hydrogen-bond donors (Lipinski definition) is 0. The number of rotatable bonds is 5. The molecule has 4 heteroatoms. The molecular formula is C18H20O4. The van der Waals surface area contributed by atoms with Crippen LogP contribution in [0.1, 0.15) is 43.0 Å². The normalized spacial score (nSPS) is 17.9. The first-order valence-electron chi connectivity index (χ1n) is 7.41. The van der Waals surface area contributed by atoms with Crippen LogP contribution in [0.2, 0.25) is 0 Å². The number of Topliss-reactive ketones (excluding diaryl/α,β-unsaturated/α-hetero) is 1. The molecule has 1 atom stereocenters. The Kier molecular flexibility index (Phi) is 5.53. The molecule has 1 aliphatic carbocycles. The van der Waals surface area contributed by atoms with Crippen molar-refractivity contribution in [2.45, 2.75) is 38.7 Å². The van der Waals surface area contributed by atoms with Crippen LogP contribution in [-0.2, 0) is 14.3 Å². The molecule has 1 aliphatic rings. The summed E-state index contributed by atoms with van der Waals surface area (Å²) in [5.41, 5.74) is 1.15. The summed E-state index contributed by atoms with van der Waals surface area (Å²) < 4.78 is 10.7. The Balaban J connectivity index is 1.88. The summed E-state index contributed by atoms with van der Waals surface area (Å²) in [4.78, 5) is 23.6. The maximum Gasteiger partial charge on any atom is 0.343 e.